The van der Waals surface area contributed by atoms with Gasteiger partial charge in [0.1, 0.15) is 0 Å². The predicted octanol–water partition coefficient (Wildman–Crippen LogP) is 2.95. The molecule has 0 aliphatic heterocycles. The second kappa shape index (κ2) is 7.92. The highest BCUT2D eigenvalue weighted by Crippen LogP contribution is 2.38. The van der Waals surface area contributed by atoms with Gasteiger partial charge in [0.05, 0.1) is 27.8 Å². The molecule has 5 nitrogen and oxygen atoms in total. The molecule has 0 heterocycles. The molecule has 1 aromatic rings. The molecule has 1 amide bonds. The summed E-state index contributed by atoms with van der Waals surface area (Å²) in [4.78, 5) is 12.2. The summed E-state index contributed by atoms with van der Waals surface area (Å²) < 4.78 is 15.9. The van der Waals surface area contributed by atoms with Crippen molar-refractivity contribution in [3.8, 4) is 17.2 Å². The van der Waals surface area contributed by atoms with E-state index in [-0.39, 0.29) is 17.9 Å². The first kappa shape index (κ1) is 18.1. The second-order valence-electron chi connectivity index (χ2n) is 5.89. The minimum absolute atomic E-state index is 0.0206. The largest absolute Gasteiger partial charge is 0.493 e. The molecular formula is C17H27NO4. The zero-order chi connectivity index (χ0) is 16.8. The summed E-state index contributed by atoms with van der Waals surface area (Å²) in [5, 5.41) is 3.06. The lowest BCUT2D eigenvalue weighted by molar-refractivity contribution is -0.122. The number of hydrogen-bond donors (Lipinski definition) is 1. The smallest absolute Gasteiger partial charge is 0.224 e. The van der Waals surface area contributed by atoms with Crippen LogP contribution in [0.2, 0.25) is 0 Å². The molecule has 0 spiro atoms. The Morgan fingerprint density at radius 2 is 1.64 bits per heavy atom. The normalized spacial score (nSPS) is 11.0. The van der Waals surface area contributed by atoms with Crippen molar-refractivity contribution in [2.75, 3.05) is 21.3 Å². The fraction of sp³-hybridized carbons (Fsp3) is 0.588. The molecular weight excluding hydrogens is 282 g/mol. The molecule has 0 aliphatic rings. The van der Waals surface area contributed by atoms with Gasteiger partial charge in [0, 0.05) is 5.54 Å². The molecule has 0 aliphatic carbocycles. The maximum Gasteiger partial charge on any atom is 0.224 e. The van der Waals surface area contributed by atoms with E-state index in [0.29, 0.717) is 17.2 Å². The van der Waals surface area contributed by atoms with Gasteiger partial charge in [0.2, 0.25) is 11.7 Å². The van der Waals surface area contributed by atoms with Gasteiger partial charge in [0.15, 0.2) is 11.5 Å². The molecule has 1 N–H and O–H groups in total. The van der Waals surface area contributed by atoms with Crippen molar-refractivity contribution in [1.82, 2.24) is 5.32 Å². The van der Waals surface area contributed by atoms with Crippen LogP contribution in [0.4, 0.5) is 0 Å². The summed E-state index contributed by atoms with van der Waals surface area (Å²) in [6.07, 6.45) is 2.23. The summed E-state index contributed by atoms with van der Waals surface area (Å²) in [7, 11) is 4.68. The number of rotatable bonds is 8. The molecule has 22 heavy (non-hydrogen) atoms. The third kappa shape index (κ3) is 4.83. The molecule has 0 aromatic heterocycles. The molecule has 0 fully saturated rings. The Kier molecular flexibility index (Phi) is 6.53. The lowest BCUT2D eigenvalue weighted by Gasteiger charge is -2.26. The van der Waals surface area contributed by atoms with E-state index in [1.54, 1.807) is 33.5 Å². The van der Waals surface area contributed by atoms with Gasteiger partial charge in [0.25, 0.3) is 0 Å². The molecule has 5 heteroatoms. The van der Waals surface area contributed by atoms with Crippen LogP contribution < -0.4 is 19.5 Å². The zero-order valence-corrected chi connectivity index (χ0v) is 14.4. The van der Waals surface area contributed by atoms with E-state index < -0.39 is 0 Å². The van der Waals surface area contributed by atoms with Crippen LogP contribution in [0.3, 0.4) is 0 Å². The summed E-state index contributed by atoms with van der Waals surface area (Å²) in [6.45, 7) is 6.17. The van der Waals surface area contributed by atoms with Gasteiger partial charge >= 0.3 is 0 Å². The van der Waals surface area contributed by atoms with E-state index in [9.17, 15) is 4.79 Å². The van der Waals surface area contributed by atoms with Gasteiger partial charge in [-0.3, -0.25) is 4.79 Å². The highest BCUT2D eigenvalue weighted by atomic mass is 16.5. The molecule has 0 bridgehead atoms. The predicted molar refractivity (Wildman–Crippen MR) is 86.9 cm³/mol. The fourth-order valence-electron chi connectivity index (χ4n) is 2.53. The Bertz CT molecular complexity index is 486. The highest BCUT2D eigenvalue weighted by Gasteiger charge is 2.20. The van der Waals surface area contributed by atoms with Crippen molar-refractivity contribution in [2.45, 2.75) is 45.6 Å². The number of methoxy groups -OCH3 is 3. The van der Waals surface area contributed by atoms with Gasteiger partial charge in [-0.25, -0.2) is 0 Å². The van der Waals surface area contributed by atoms with Crippen LogP contribution >= 0.6 is 0 Å². The summed E-state index contributed by atoms with van der Waals surface area (Å²) in [5.41, 5.74) is 0.617. The SMILES string of the molecule is CCCC(C)(C)NC(=O)Cc1cc(OC)c(OC)c(OC)c1. The Labute approximate surface area is 132 Å². The molecule has 1 rings (SSSR count). The lowest BCUT2D eigenvalue weighted by atomic mass is 9.98. The minimum Gasteiger partial charge on any atom is -0.493 e. The number of hydrogen-bond acceptors (Lipinski definition) is 4. The molecule has 0 unspecified atom stereocenters. The third-order valence-corrected chi connectivity index (χ3v) is 3.44. The average molecular weight is 309 g/mol. The zero-order valence-electron chi connectivity index (χ0n) is 14.4. The molecule has 0 saturated carbocycles. The average Bonchev–Trinajstić information content (AvgIpc) is 2.45. The van der Waals surface area contributed by atoms with Gasteiger partial charge in [-0.15, -0.1) is 0 Å². The Hall–Kier alpha value is -1.91. The number of amides is 1. The number of carbonyl (C=O) groups excluding carboxylic acids is 1. The van der Waals surface area contributed by atoms with Crippen molar-refractivity contribution in [3.63, 3.8) is 0 Å². The monoisotopic (exact) mass is 309 g/mol. The van der Waals surface area contributed by atoms with Crippen molar-refractivity contribution >= 4 is 5.91 Å². The van der Waals surface area contributed by atoms with E-state index in [4.69, 9.17) is 14.2 Å². The number of benzene rings is 1. The van der Waals surface area contributed by atoms with Crippen LogP contribution in [0.5, 0.6) is 17.2 Å². The van der Waals surface area contributed by atoms with E-state index in [1.807, 2.05) is 13.8 Å². The maximum atomic E-state index is 12.2. The van der Waals surface area contributed by atoms with Gasteiger partial charge in [-0.1, -0.05) is 13.3 Å². The molecule has 0 saturated heterocycles. The van der Waals surface area contributed by atoms with Gasteiger partial charge < -0.3 is 19.5 Å². The Morgan fingerprint density at radius 1 is 1.09 bits per heavy atom. The third-order valence-electron chi connectivity index (χ3n) is 3.44. The first-order chi connectivity index (χ1) is 10.4. The molecule has 0 atom stereocenters. The van der Waals surface area contributed by atoms with E-state index >= 15 is 0 Å². The Morgan fingerprint density at radius 3 is 2.05 bits per heavy atom. The second-order valence-corrected chi connectivity index (χ2v) is 5.89. The lowest BCUT2D eigenvalue weighted by Crippen LogP contribution is -2.43. The number of ether oxygens (including phenoxy) is 3. The van der Waals surface area contributed by atoms with Crippen molar-refractivity contribution in [3.05, 3.63) is 17.7 Å². The van der Waals surface area contributed by atoms with Crippen LogP contribution in [0.25, 0.3) is 0 Å². The van der Waals surface area contributed by atoms with E-state index in [2.05, 4.69) is 12.2 Å². The first-order valence-electron chi connectivity index (χ1n) is 7.46. The number of carbonyl (C=O) groups is 1. The van der Waals surface area contributed by atoms with E-state index in [0.717, 1.165) is 18.4 Å². The molecule has 1 aromatic carbocycles. The van der Waals surface area contributed by atoms with Crippen LogP contribution in [0.15, 0.2) is 12.1 Å². The van der Waals surface area contributed by atoms with Crippen molar-refractivity contribution < 1.29 is 19.0 Å². The highest BCUT2D eigenvalue weighted by molar-refractivity contribution is 5.79. The van der Waals surface area contributed by atoms with Crippen LogP contribution in [0, 0.1) is 0 Å². The maximum absolute atomic E-state index is 12.2. The van der Waals surface area contributed by atoms with Crippen molar-refractivity contribution in [2.24, 2.45) is 0 Å². The molecule has 124 valence electrons. The topological polar surface area (TPSA) is 56.8 Å². The van der Waals surface area contributed by atoms with Gasteiger partial charge in [-0.05, 0) is 38.0 Å². The molecule has 0 radical (unpaired) electrons. The van der Waals surface area contributed by atoms with E-state index in [1.165, 1.54) is 0 Å². The van der Waals surface area contributed by atoms with Gasteiger partial charge in [-0.2, -0.15) is 0 Å². The van der Waals surface area contributed by atoms with Crippen molar-refractivity contribution in [1.29, 1.82) is 0 Å². The summed E-state index contributed by atoms with van der Waals surface area (Å²) in [6, 6.07) is 3.60. The van der Waals surface area contributed by atoms with Crippen LogP contribution in [0.1, 0.15) is 39.2 Å². The number of nitrogens with one attached hydrogen (secondary N) is 1. The standard InChI is InChI=1S/C17H27NO4/c1-7-8-17(2,3)18-15(19)11-12-9-13(20-4)16(22-6)14(10-12)21-5/h9-10H,7-8,11H2,1-6H3,(H,18,19). The van der Waals surface area contributed by atoms with Crippen LogP contribution in [-0.2, 0) is 11.2 Å². The Balaban J connectivity index is 2.91. The summed E-state index contributed by atoms with van der Waals surface area (Å²) >= 11 is 0. The summed E-state index contributed by atoms with van der Waals surface area (Å²) in [5.74, 6) is 1.61. The fourth-order valence-corrected chi connectivity index (χ4v) is 2.53. The van der Waals surface area contributed by atoms with Crippen LogP contribution in [-0.4, -0.2) is 32.8 Å². The minimum atomic E-state index is -0.202. The first-order valence-corrected chi connectivity index (χ1v) is 7.46. The quantitative estimate of drug-likeness (QED) is 0.802.